The van der Waals surface area contributed by atoms with Crippen LogP contribution in [0.3, 0.4) is 0 Å². The Kier molecular flexibility index (Phi) is 2.54. The number of epoxide rings is 1. The van der Waals surface area contributed by atoms with Crippen LogP contribution in [0.5, 0.6) is 0 Å². The number of likely N-dealkylation sites (tertiary alicyclic amines) is 1. The number of carbonyl (C=O) groups excluding carboxylic acids is 2. The normalized spacial score (nSPS) is 35.1. The topological polar surface area (TPSA) is 49.9 Å². The summed E-state index contributed by atoms with van der Waals surface area (Å²) in [5, 5.41) is 0. The minimum atomic E-state index is -0.0186. The van der Waals surface area contributed by atoms with Gasteiger partial charge in [0.1, 0.15) is 0 Å². The molecule has 2 aliphatic heterocycles. The first-order chi connectivity index (χ1) is 7.03. The summed E-state index contributed by atoms with van der Waals surface area (Å²) in [6.45, 7) is 4.68. The van der Waals surface area contributed by atoms with E-state index >= 15 is 0 Å². The molecule has 2 amide bonds. The van der Waals surface area contributed by atoms with Gasteiger partial charge in [-0.05, 0) is 26.7 Å². The van der Waals surface area contributed by atoms with Gasteiger partial charge in [-0.2, -0.15) is 0 Å². The second kappa shape index (κ2) is 3.59. The van der Waals surface area contributed by atoms with Crippen LogP contribution in [-0.2, 0) is 14.3 Å². The number of rotatable bonds is 4. The zero-order valence-electron chi connectivity index (χ0n) is 9.28. The first-order valence-electron chi connectivity index (χ1n) is 5.54. The van der Waals surface area contributed by atoms with Gasteiger partial charge in [-0.25, -0.2) is 0 Å². The van der Waals surface area contributed by atoms with Crippen LogP contribution in [0.1, 0.15) is 39.5 Å². The quantitative estimate of drug-likeness (QED) is 0.516. The fourth-order valence-electron chi connectivity index (χ4n) is 2.09. The van der Waals surface area contributed by atoms with Crippen LogP contribution in [0.25, 0.3) is 0 Å². The van der Waals surface area contributed by atoms with Gasteiger partial charge in [0.2, 0.25) is 11.8 Å². The predicted octanol–water partition coefficient (Wildman–Crippen LogP) is 1.09. The Morgan fingerprint density at radius 2 is 1.93 bits per heavy atom. The number of nitrogens with zero attached hydrogens (tertiary/aromatic N) is 1. The van der Waals surface area contributed by atoms with Gasteiger partial charge in [0, 0.05) is 19.4 Å². The maximum absolute atomic E-state index is 11.3. The molecule has 0 bridgehead atoms. The van der Waals surface area contributed by atoms with E-state index in [0.717, 1.165) is 12.8 Å². The maximum Gasteiger partial charge on any atom is 0.229 e. The zero-order chi connectivity index (χ0) is 11.1. The van der Waals surface area contributed by atoms with Crippen LogP contribution >= 0.6 is 0 Å². The zero-order valence-corrected chi connectivity index (χ0v) is 9.28. The molecule has 0 aromatic heterocycles. The van der Waals surface area contributed by atoms with E-state index in [2.05, 4.69) is 6.92 Å². The average Bonchev–Trinajstić information content (AvgIpc) is 2.64. The van der Waals surface area contributed by atoms with Crippen LogP contribution in [0.15, 0.2) is 0 Å². The summed E-state index contributed by atoms with van der Waals surface area (Å²) in [7, 11) is 0. The molecule has 0 radical (unpaired) electrons. The van der Waals surface area contributed by atoms with E-state index in [4.69, 9.17) is 4.74 Å². The van der Waals surface area contributed by atoms with Crippen molar-refractivity contribution >= 4 is 11.8 Å². The van der Waals surface area contributed by atoms with Crippen LogP contribution in [0, 0.1) is 0 Å². The first kappa shape index (κ1) is 10.6. The van der Waals surface area contributed by atoms with Crippen molar-refractivity contribution in [1.82, 2.24) is 4.90 Å². The highest BCUT2D eigenvalue weighted by Crippen LogP contribution is 2.39. The summed E-state index contributed by atoms with van der Waals surface area (Å²) in [5.74, 6) is -0.0372. The standard InChI is InChI=1S/C11H17NO3/c1-8-11(2,15-8)6-3-7-12-9(13)4-5-10(12)14/h8H,3-7H2,1-2H3. The smallest absolute Gasteiger partial charge is 0.229 e. The Morgan fingerprint density at radius 1 is 1.40 bits per heavy atom. The molecule has 84 valence electrons. The van der Waals surface area contributed by atoms with Crippen LogP contribution in [-0.4, -0.2) is 35.0 Å². The molecule has 2 heterocycles. The second-order valence-corrected chi connectivity index (χ2v) is 4.62. The monoisotopic (exact) mass is 211 g/mol. The van der Waals surface area contributed by atoms with Crippen LogP contribution in [0.4, 0.5) is 0 Å². The predicted molar refractivity (Wildman–Crippen MR) is 54.1 cm³/mol. The lowest BCUT2D eigenvalue weighted by molar-refractivity contribution is -0.138. The summed E-state index contributed by atoms with van der Waals surface area (Å²) in [6, 6.07) is 0. The summed E-state index contributed by atoms with van der Waals surface area (Å²) >= 11 is 0. The minimum absolute atomic E-state index is 0.00812. The van der Waals surface area contributed by atoms with E-state index in [1.807, 2.05) is 6.92 Å². The molecular formula is C11H17NO3. The highest BCUT2D eigenvalue weighted by atomic mass is 16.6. The Bertz CT molecular complexity index is 286. The van der Waals surface area contributed by atoms with E-state index in [1.165, 1.54) is 4.90 Å². The summed E-state index contributed by atoms with van der Waals surface area (Å²) < 4.78 is 5.43. The Balaban J connectivity index is 1.74. The number of carbonyl (C=O) groups is 2. The number of hydrogen-bond donors (Lipinski definition) is 0. The SMILES string of the molecule is CC1OC1(C)CCCN1C(=O)CCC1=O. The van der Waals surface area contributed by atoms with Crippen molar-refractivity contribution in [3.05, 3.63) is 0 Å². The molecule has 0 N–H and O–H groups in total. The molecule has 2 rings (SSSR count). The molecule has 0 aromatic carbocycles. The first-order valence-corrected chi connectivity index (χ1v) is 5.54. The van der Waals surface area contributed by atoms with Gasteiger partial charge in [-0.3, -0.25) is 14.5 Å². The fraction of sp³-hybridized carbons (Fsp3) is 0.818. The van der Waals surface area contributed by atoms with Gasteiger partial charge < -0.3 is 4.74 Å². The molecule has 2 unspecified atom stereocenters. The molecule has 2 saturated heterocycles. The van der Waals surface area contributed by atoms with Gasteiger partial charge in [-0.1, -0.05) is 0 Å². The van der Waals surface area contributed by atoms with Crippen molar-refractivity contribution in [3.63, 3.8) is 0 Å². The van der Waals surface area contributed by atoms with Crippen molar-refractivity contribution in [1.29, 1.82) is 0 Å². The molecule has 0 aromatic rings. The molecular weight excluding hydrogens is 194 g/mol. The second-order valence-electron chi connectivity index (χ2n) is 4.62. The summed E-state index contributed by atoms with van der Waals surface area (Å²) in [5.41, 5.74) is -0.00812. The van der Waals surface area contributed by atoms with Crippen molar-refractivity contribution in [2.75, 3.05) is 6.54 Å². The molecule has 0 aliphatic carbocycles. The molecule has 4 heteroatoms. The van der Waals surface area contributed by atoms with Gasteiger partial charge in [0.25, 0.3) is 0 Å². The third kappa shape index (κ3) is 2.04. The number of imide groups is 1. The van der Waals surface area contributed by atoms with E-state index in [-0.39, 0.29) is 17.4 Å². The Hall–Kier alpha value is -0.900. The average molecular weight is 211 g/mol. The van der Waals surface area contributed by atoms with Crippen LogP contribution in [0.2, 0.25) is 0 Å². The van der Waals surface area contributed by atoms with Crippen molar-refractivity contribution in [2.45, 2.75) is 51.2 Å². The van der Waals surface area contributed by atoms with Gasteiger partial charge in [0.15, 0.2) is 0 Å². The lowest BCUT2D eigenvalue weighted by Crippen LogP contribution is -2.30. The largest absolute Gasteiger partial charge is 0.367 e. The van der Waals surface area contributed by atoms with E-state index in [1.54, 1.807) is 0 Å². The van der Waals surface area contributed by atoms with Crippen molar-refractivity contribution in [2.24, 2.45) is 0 Å². The third-order valence-corrected chi connectivity index (χ3v) is 3.46. The van der Waals surface area contributed by atoms with Crippen molar-refractivity contribution < 1.29 is 14.3 Å². The van der Waals surface area contributed by atoms with Gasteiger partial charge >= 0.3 is 0 Å². The summed E-state index contributed by atoms with van der Waals surface area (Å²) in [6.07, 6.45) is 2.87. The number of hydrogen-bond acceptors (Lipinski definition) is 3. The number of amides is 2. The molecule has 2 fully saturated rings. The van der Waals surface area contributed by atoms with Crippen molar-refractivity contribution in [3.8, 4) is 0 Å². The molecule has 0 spiro atoms. The third-order valence-electron chi connectivity index (χ3n) is 3.46. The highest BCUT2D eigenvalue weighted by molar-refractivity contribution is 6.01. The molecule has 2 atom stereocenters. The Morgan fingerprint density at radius 3 is 2.40 bits per heavy atom. The van der Waals surface area contributed by atoms with E-state index < -0.39 is 0 Å². The number of ether oxygens (including phenoxy) is 1. The summed E-state index contributed by atoms with van der Waals surface area (Å²) in [4.78, 5) is 24.0. The van der Waals surface area contributed by atoms with Crippen LogP contribution < -0.4 is 0 Å². The highest BCUT2D eigenvalue weighted by Gasteiger charge is 2.48. The van der Waals surface area contributed by atoms with Gasteiger partial charge in [-0.15, -0.1) is 0 Å². The van der Waals surface area contributed by atoms with E-state index in [9.17, 15) is 9.59 Å². The minimum Gasteiger partial charge on any atom is -0.367 e. The van der Waals surface area contributed by atoms with Gasteiger partial charge in [0.05, 0.1) is 11.7 Å². The molecule has 2 aliphatic rings. The molecule has 4 nitrogen and oxygen atoms in total. The lowest BCUT2D eigenvalue weighted by Gasteiger charge is -2.14. The maximum atomic E-state index is 11.3. The fourth-order valence-corrected chi connectivity index (χ4v) is 2.09. The molecule has 15 heavy (non-hydrogen) atoms. The Labute approximate surface area is 89.6 Å². The molecule has 0 saturated carbocycles. The van der Waals surface area contributed by atoms with E-state index in [0.29, 0.717) is 25.5 Å². The lowest BCUT2D eigenvalue weighted by atomic mass is 10.0.